The number of hydrogen-bond donors (Lipinski definition) is 2. The van der Waals surface area contributed by atoms with Crippen LogP contribution in [0.25, 0.3) is 0 Å². The first-order valence-corrected chi connectivity index (χ1v) is 6.87. The van der Waals surface area contributed by atoms with Crippen molar-refractivity contribution in [1.29, 1.82) is 0 Å². The van der Waals surface area contributed by atoms with Crippen LogP contribution in [0.15, 0.2) is 0 Å². The second-order valence-electron chi connectivity index (χ2n) is 5.52. The Kier molecular flexibility index (Phi) is 4.05. The highest BCUT2D eigenvalue weighted by atomic mass is 16.4. The highest BCUT2D eigenvalue weighted by Gasteiger charge is 2.42. The monoisotopic (exact) mass is 240 g/mol. The average Bonchev–Trinajstić information content (AvgIpc) is 2.77. The zero-order valence-corrected chi connectivity index (χ0v) is 10.7. The predicted octanol–water partition coefficient (Wildman–Crippen LogP) is 1.32. The highest BCUT2D eigenvalue weighted by molar-refractivity contribution is 5.79. The summed E-state index contributed by atoms with van der Waals surface area (Å²) in [6, 6.07) is 0. The molecule has 98 valence electrons. The fourth-order valence-corrected chi connectivity index (χ4v) is 3.27. The van der Waals surface area contributed by atoms with Crippen LogP contribution in [0.5, 0.6) is 0 Å². The lowest BCUT2D eigenvalue weighted by Gasteiger charge is -2.36. The standard InChI is InChI=1S/C13H24N2O2/c1-2-15-8-5-11(10-15)9-13(12(16)17)6-3-4-7-14-13/h11,14H,2-10H2,1H3,(H,16,17). The Morgan fingerprint density at radius 2 is 2.35 bits per heavy atom. The van der Waals surface area contributed by atoms with Gasteiger partial charge in [0.2, 0.25) is 0 Å². The Morgan fingerprint density at radius 3 is 2.88 bits per heavy atom. The maximum atomic E-state index is 11.5. The third-order valence-corrected chi connectivity index (χ3v) is 4.36. The van der Waals surface area contributed by atoms with Gasteiger partial charge in [-0.15, -0.1) is 0 Å². The number of carboxylic acid groups (broad SMARTS) is 1. The van der Waals surface area contributed by atoms with Crippen molar-refractivity contribution in [2.45, 2.75) is 44.6 Å². The van der Waals surface area contributed by atoms with E-state index in [4.69, 9.17) is 0 Å². The highest BCUT2D eigenvalue weighted by Crippen LogP contribution is 2.31. The summed E-state index contributed by atoms with van der Waals surface area (Å²) in [6.07, 6.45) is 4.92. The van der Waals surface area contributed by atoms with Gasteiger partial charge >= 0.3 is 5.97 Å². The molecule has 2 atom stereocenters. The second kappa shape index (κ2) is 5.36. The molecule has 2 aliphatic heterocycles. The molecule has 2 aliphatic rings. The molecule has 0 spiro atoms. The van der Waals surface area contributed by atoms with E-state index in [0.29, 0.717) is 5.92 Å². The lowest BCUT2D eigenvalue weighted by atomic mass is 9.80. The zero-order chi connectivity index (χ0) is 12.3. The van der Waals surface area contributed by atoms with Crippen molar-refractivity contribution in [3.8, 4) is 0 Å². The van der Waals surface area contributed by atoms with Gasteiger partial charge in [-0.1, -0.05) is 6.92 Å². The lowest BCUT2D eigenvalue weighted by Crippen LogP contribution is -2.55. The number of carbonyl (C=O) groups is 1. The maximum absolute atomic E-state index is 11.5. The number of piperidine rings is 1. The van der Waals surface area contributed by atoms with Gasteiger partial charge in [0.15, 0.2) is 0 Å². The summed E-state index contributed by atoms with van der Waals surface area (Å²) in [7, 11) is 0. The van der Waals surface area contributed by atoms with Crippen LogP contribution in [0.4, 0.5) is 0 Å². The minimum atomic E-state index is -0.646. The van der Waals surface area contributed by atoms with Crippen molar-refractivity contribution < 1.29 is 9.90 Å². The third kappa shape index (κ3) is 2.80. The van der Waals surface area contributed by atoms with Crippen LogP contribution in [-0.2, 0) is 4.79 Å². The summed E-state index contributed by atoms with van der Waals surface area (Å²) in [4.78, 5) is 14.0. The first-order valence-electron chi connectivity index (χ1n) is 6.87. The number of rotatable bonds is 4. The van der Waals surface area contributed by atoms with E-state index in [1.807, 2.05) is 0 Å². The van der Waals surface area contributed by atoms with Gasteiger partial charge in [0, 0.05) is 6.54 Å². The van der Waals surface area contributed by atoms with E-state index < -0.39 is 11.5 Å². The first kappa shape index (κ1) is 12.8. The number of nitrogens with one attached hydrogen (secondary N) is 1. The lowest BCUT2D eigenvalue weighted by molar-refractivity contribution is -0.146. The van der Waals surface area contributed by atoms with E-state index >= 15 is 0 Å². The minimum absolute atomic E-state index is 0.552. The van der Waals surface area contributed by atoms with Crippen LogP contribution in [0, 0.1) is 5.92 Å². The van der Waals surface area contributed by atoms with Crippen LogP contribution in [0.2, 0.25) is 0 Å². The van der Waals surface area contributed by atoms with Gasteiger partial charge in [-0.25, -0.2) is 0 Å². The maximum Gasteiger partial charge on any atom is 0.323 e. The van der Waals surface area contributed by atoms with E-state index in [1.54, 1.807) is 0 Å². The van der Waals surface area contributed by atoms with Gasteiger partial charge in [0.25, 0.3) is 0 Å². The van der Waals surface area contributed by atoms with Crippen molar-refractivity contribution in [3.63, 3.8) is 0 Å². The molecular weight excluding hydrogens is 216 g/mol. The topological polar surface area (TPSA) is 52.6 Å². The number of hydrogen-bond acceptors (Lipinski definition) is 3. The molecule has 2 saturated heterocycles. The largest absolute Gasteiger partial charge is 0.480 e. The number of likely N-dealkylation sites (tertiary alicyclic amines) is 1. The Bertz CT molecular complexity index is 275. The Labute approximate surface area is 103 Å². The summed E-state index contributed by atoms with van der Waals surface area (Å²) in [6.45, 7) is 6.33. The molecule has 2 unspecified atom stereocenters. The van der Waals surface area contributed by atoms with Crippen LogP contribution >= 0.6 is 0 Å². The minimum Gasteiger partial charge on any atom is -0.480 e. The van der Waals surface area contributed by atoms with Crippen LogP contribution in [0.3, 0.4) is 0 Å². The van der Waals surface area contributed by atoms with Crippen molar-refractivity contribution >= 4 is 5.97 Å². The van der Waals surface area contributed by atoms with E-state index in [0.717, 1.165) is 58.3 Å². The van der Waals surface area contributed by atoms with Gasteiger partial charge in [0.05, 0.1) is 0 Å². The number of nitrogens with zero attached hydrogens (tertiary/aromatic N) is 1. The van der Waals surface area contributed by atoms with Crippen molar-refractivity contribution in [3.05, 3.63) is 0 Å². The molecule has 2 N–H and O–H groups in total. The molecule has 0 radical (unpaired) electrons. The van der Waals surface area contributed by atoms with Gasteiger partial charge in [-0.05, 0) is 57.7 Å². The quantitative estimate of drug-likeness (QED) is 0.778. The Hall–Kier alpha value is -0.610. The zero-order valence-electron chi connectivity index (χ0n) is 10.7. The number of aliphatic carboxylic acids is 1. The molecule has 0 bridgehead atoms. The summed E-state index contributed by atoms with van der Waals surface area (Å²) < 4.78 is 0. The van der Waals surface area contributed by atoms with E-state index in [9.17, 15) is 9.90 Å². The first-order chi connectivity index (χ1) is 8.16. The fourth-order valence-electron chi connectivity index (χ4n) is 3.27. The molecule has 4 nitrogen and oxygen atoms in total. The normalized spacial score (nSPS) is 35.0. The van der Waals surface area contributed by atoms with Gasteiger partial charge in [-0.3, -0.25) is 4.79 Å². The van der Waals surface area contributed by atoms with E-state index in [2.05, 4.69) is 17.1 Å². The summed E-state index contributed by atoms with van der Waals surface area (Å²) >= 11 is 0. The molecule has 0 aromatic heterocycles. The smallest absolute Gasteiger partial charge is 0.323 e. The third-order valence-electron chi connectivity index (χ3n) is 4.36. The molecule has 2 heterocycles. The summed E-state index contributed by atoms with van der Waals surface area (Å²) in [5.41, 5.74) is -0.632. The SMILES string of the molecule is CCN1CCC(CC2(C(=O)O)CCCCN2)C1. The van der Waals surface area contributed by atoms with Crippen LogP contribution in [0.1, 0.15) is 39.0 Å². The molecule has 0 saturated carbocycles. The van der Waals surface area contributed by atoms with E-state index in [-0.39, 0.29) is 0 Å². The van der Waals surface area contributed by atoms with E-state index in [1.165, 1.54) is 0 Å². The predicted molar refractivity (Wildman–Crippen MR) is 67.1 cm³/mol. The summed E-state index contributed by atoms with van der Waals surface area (Å²) in [5, 5.41) is 12.8. The molecule has 0 aliphatic carbocycles. The van der Waals surface area contributed by atoms with Crippen molar-refractivity contribution in [2.24, 2.45) is 5.92 Å². The number of carboxylic acids is 1. The summed E-state index contributed by atoms with van der Waals surface area (Å²) in [5.74, 6) is -0.0937. The molecule has 0 aromatic carbocycles. The fraction of sp³-hybridized carbons (Fsp3) is 0.923. The molecule has 17 heavy (non-hydrogen) atoms. The van der Waals surface area contributed by atoms with Gasteiger partial charge in [0.1, 0.15) is 5.54 Å². The molecule has 0 aromatic rings. The molecule has 2 rings (SSSR count). The average molecular weight is 240 g/mol. The van der Waals surface area contributed by atoms with Gasteiger partial charge < -0.3 is 15.3 Å². The van der Waals surface area contributed by atoms with Gasteiger partial charge in [-0.2, -0.15) is 0 Å². The Balaban J connectivity index is 1.96. The second-order valence-corrected chi connectivity index (χ2v) is 5.52. The van der Waals surface area contributed by atoms with Crippen molar-refractivity contribution in [1.82, 2.24) is 10.2 Å². The van der Waals surface area contributed by atoms with Crippen LogP contribution < -0.4 is 5.32 Å². The molecule has 0 amide bonds. The molecular formula is C13H24N2O2. The molecule has 2 fully saturated rings. The van der Waals surface area contributed by atoms with Crippen molar-refractivity contribution in [2.75, 3.05) is 26.2 Å². The Morgan fingerprint density at radius 1 is 1.53 bits per heavy atom. The molecule has 4 heteroatoms. The van der Waals surface area contributed by atoms with Crippen LogP contribution in [-0.4, -0.2) is 47.7 Å².